The van der Waals surface area contributed by atoms with Crippen LogP contribution in [0.5, 0.6) is 0 Å². The third kappa shape index (κ3) is 3.12. The van der Waals surface area contributed by atoms with E-state index < -0.39 is 0 Å². The molecule has 1 aromatic rings. The lowest BCUT2D eigenvalue weighted by Crippen LogP contribution is -2.35. The minimum Gasteiger partial charge on any atom is -0.372 e. The molecule has 0 aliphatic rings. The van der Waals surface area contributed by atoms with E-state index in [9.17, 15) is 4.79 Å². The van der Waals surface area contributed by atoms with Gasteiger partial charge in [-0.15, -0.1) is 0 Å². The van der Waals surface area contributed by atoms with E-state index in [1.165, 1.54) is 6.42 Å². The van der Waals surface area contributed by atoms with Gasteiger partial charge in [0.15, 0.2) is 0 Å². The van der Waals surface area contributed by atoms with Crippen molar-refractivity contribution in [3.8, 4) is 0 Å². The van der Waals surface area contributed by atoms with Crippen LogP contribution in [0.25, 0.3) is 0 Å². The number of anilines is 1. The normalized spacial score (nSPS) is 11.2. The number of hydrogen-bond acceptors (Lipinski definition) is 4. The van der Waals surface area contributed by atoms with E-state index in [1.54, 1.807) is 6.07 Å². The molecule has 16 heavy (non-hydrogen) atoms. The van der Waals surface area contributed by atoms with Crippen LogP contribution >= 0.6 is 12.2 Å². The Morgan fingerprint density at radius 3 is 2.38 bits per heavy atom. The van der Waals surface area contributed by atoms with Gasteiger partial charge in [0.05, 0.1) is 5.69 Å². The first-order chi connectivity index (χ1) is 7.60. The summed E-state index contributed by atoms with van der Waals surface area (Å²) in [7, 11) is 1.99. The molecule has 90 valence electrons. The van der Waals surface area contributed by atoms with E-state index in [4.69, 9.17) is 12.2 Å². The van der Waals surface area contributed by atoms with Crippen LogP contribution in [0.1, 0.15) is 20.3 Å². The number of rotatable bonds is 7. The lowest BCUT2D eigenvalue weighted by molar-refractivity contribution is 0.295. The van der Waals surface area contributed by atoms with Gasteiger partial charge in [0.1, 0.15) is 4.51 Å². The molecule has 0 atom stereocenters. The van der Waals surface area contributed by atoms with Gasteiger partial charge in [0.25, 0.3) is 0 Å². The molecule has 4 heteroatoms. The quantitative estimate of drug-likeness (QED) is 0.678. The van der Waals surface area contributed by atoms with E-state index in [0.717, 1.165) is 31.9 Å². The number of hydrogen-bond donors (Lipinski definition) is 0. The van der Waals surface area contributed by atoms with Crippen molar-refractivity contribution in [2.24, 2.45) is 0 Å². The molecule has 0 spiro atoms. The lowest BCUT2D eigenvalue weighted by atomic mass is 10.2. The van der Waals surface area contributed by atoms with Crippen molar-refractivity contribution in [2.75, 3.05) is 38.1 Å². The van der Waals surface area contributed by atoms with Gasteiger partial charge in [-0.25, -0.2) is 0 Å². The van der Waals surface area contributed by atoms with Crippen LogP contribution in [0.2, 0.25) is 0 Å². The molecule has 0 radical (unpaired) electrons. The summed E-state index contributed by atoms with van der Waals surface area (Å²) in [5.41, 5.74) is 0.922. The fourth-order valence-corrected chi connectivity index (χ4v) is 2.02. The van der Waals surface area contributed by atoms with Gasteiger partial charge in [0, 0.05) is 26.2 Å². The van der Waals surface area contributed by atoms with Crippen molar-refractivity contribution in [1.29, 1.82) is 0 Å². The van der Waals surface area contributed by atoms with Crippen LogP contribution in [0, 0.1) is 4.51 Å². The van der Waals surface area contributed by atoms with Gasteiger partial charge >= 0.3 is 0 Å². The van der Waals surface area contributed by atoms with Crippen LogP contribution < -0.4 is 10.3 Å². The van der Waals surface area contributed by atoms with Crippen molar-refractivity contribution in [3.63, 3.8) is 0 Å². The zero-order valence-corrected chi connectivity index (χ0v) is 11.1. The molecule has 1 aromatic carbocycles. The van der Waals surface area contributed by atoms with E-state index in [2.05, 4.69) is 23.6 Å². The topological polar surface area (TPSA) is 23.6 Å². The van der Waals surface area contributed by atoms with Crippen LogP contribution in [0.4, 0.5) is 5.69 Å². The molecular formula is C12H20N2OS. The second kappa shape index (κ2) is 6.11. The first kappa shape index (κ1) is 13.3. The van der Waals surface area contributed by atoms with Gasteiger partial charge in [0.2, 0.25) is 5.43 Å². The minimum atomic E-state index is -0.00208. The van der Waals surface area contributed by atoms with Crippen molar-refractivity contribution in [1.82, 2.24) is 4.90 Å². The van der Waals surface area contributed by atoms with E-state index in [1.807, 2.05) is 7.05 Å². The van der Waals surface area contributed by atoms with Crippen molar-refractivity contribution >= 4 is 17.9 Å². The van der Waals surface area contributed by atoms with Gasteiger partial charge in [-0.05, 0) is 19.5 Å². The Morgan fingerprint density at radius 2 is 1.94 bits per heavy atom. The largest absolute Gasteiger partial charge is 0.372 e. The average molecular weight is 240 g/mol. The predicted octanol–water partition coefficient (Wildman–Crippen LogP) is 1.82. The van der Waals surface area contributed by atoms with Gasteiger partial charge < -0.3 is 9.80 Å². The molecule has 0 N–H and O–H groups in total. The summed E-state index contributed by atoms with van der Waals surface area (Å²) in [5, 5.41) is 0. The molecule has 0 saturated heterocycles. The zero-order chi connectivity index (χ0) is 12.1. The van der Waals surface area contributed by atoms with Crippen LogP contribution in [0.3, 0.4) is 0 Å². The van der Waals surface area contributed by atoms with E-state index in [-0.39, 0.29) is 5.43 Å². The summed E-state index contributed by atoms with van der Waals surface area (Å²) < 4.78 is 0.487. The third-order valence-corrected chi connectivity index (χ3v) is 3.28. The third-order valence-electron chi connectivity index (χ3n) is 2.87. The Balaban J connectivity index is 2.41. The standard InChI is InChI=1S/C12H20N2OS/c1-4-6-14(5-2)8-7-13(3)10-9-11(15)12(10)16/h9H,4-8H2,1-3H3. The summed E-state index contributed by atoms with van der Waals surface area (Å²) in [6, 6.07) is 1.62. The Kier molecular flexibility index (Phi) is 5.09. The maximum Gasteiger partial charge on any atom is 0.200 e. The fraction of sp³-hybridized carbons (Fsp3) is 0.667. The summed E-state index contributed by atoms with van der Waals surface area (Å²) in [5.74, 6) is 0. The highest BCUT2D eigenvalue weighted by Gasteiger charge is 2.11. The first-order valence-electron chi connectivity index (χ1n) is 5.84. The van der Waals surface area contributed by atoms with Gasteiger partial charge in [-0.2, -0.15) is 0 Å². The number of nitrogens with zero attached hydrogens (tertiary/aromatic N) is 2. The SMILES string of the molecule is CCCN(CC)CCN(C)c1cc(=O)c1=S. The highest BCUT2D eigenvalue weighted by atomic mass is 32.1. The van der Waals surface area contributed by atoms with Crippen molar-refractivity contribution < 1.29 is 0 Å². The molecule has 0 unspecified atom stereocenters. The lowest BCUT2D eigenvalue weighted by Gasteiger charge is -2.25. The molecule has 0 heterocycles. The molecule has 0 bridgehead atoms. The second-order valence-electron chi connectivity index (χ2n) is 4.08. The summed E-state index contributed by atoms with van der Waals surface area (Å²) >= 11 is 4.99. The number of likely N-dealkylation sites (N-methyl/N-ethyl adjacent to an activating group) is 2. The Bertz CT molecular complexity index is 395. The van der Waals surface area contributed by atoms with E-state index in [0.29, 0.717) is 4.51 Å². The molecule has 0 saturated carbocycles. The molecule has 0 fully saturated rings. The Hall–Kier alpha value is -0.740. The molecule has 0 aliphatic carbocycles. The zero-order valence-electron chi connectivity index (χ0n) is 10.3. The molecule has 0 amide bonds. The van der Waals surface area contributed by atoms with E-state index >= 15 is 0 Å². The highest BCUT2D eigenvalue weighted by molar-refractivity contribution is 7.71. The molecular weight excluding hydrogens is 220 g/mol. The molecule has 1 rings (SSSR count). The maximum absolute atomic E-state index is 11.0. The Morgan fingerprint density at radius 1 is 1.25 bits per heavy atom. The fourth-order valence-electron chi connectivity index (χ4n) is 1.74. The molecule has 0 aliphatic heterocycles. The predicted molar refractivity (Wildman–Crippen MR) is 71.6 cm³/mol. The minimum absolute atomic E-state index is 0.00208. The van der Waals surface area contributed by atoms with Crippen LogP contribution in [0.15, 0.2) is 10.9 Å². The van der Waals surface area contributed by atoms with Crippen LogP contribution in [-0.2, 0) is 0 Å². The second-order valence-corrected chi connectivity index (χ2v) is 4.49. The van der Waals surface area contributed by atoms with Gasteiger partial charge in [-0.3, -0.25) is 4.79 Å². The first-order valence-corrected chi connectivity index (χ1v) is 6.24. The van der Waals surface area contributed by atoms with Crippen molar-refractivity contribution in [2.45, 2.75) is 20.3 Å². The molecule has 3 nitrogen and oxygen atoms in total. The highest BCUT2D eigenvalue weighted by Crippen LogP contribution is 2.13. The van der Waals surface area contributed by atoms with Crippen molar-refractivity contribution in [3.05, 3.63) is 20.8 Å². The molecule has 0 aromatic heterocycles. The smallest absolute Gasteiger partial charge is 0.200 e. The Labute approximate surface area is 102 Å². The maximum atomic E-state index is 11.0. The average Bonchev–Trinajstić information content (AvgIpc) is 2.30. The summed E-state index contributed by atoms with van der Waals surface area (Å²) in [6.45, 7) is 8.51. The summed E-state index contributed by atoms with van der Waals surface area (Å²) in [4.78, 5) is 15.5. The van der Waals surface area contributed by atoms with Crippen LogP contribution in [-0.4, -0.2) is 38.1 Å². The monoisotopic (exact) mass is 240 g/mol. The summed E-state index contributed by atoms with van der Waals surface area (Å²) in [6.07, 6.45) is 1.18. The van der Waals surface area contributed by atoms with Gasteiger partial charge in [-0.1, -0.05) is 26.1 Å².